The zero-order valence-electron chi connectivity index (χ0n) is 20.3. The van der Waals surface area contributed by atoms with Crippen molar-refractivity contribution in [2.45, 2.75) is 31.5 Å². The molecule has 0 heterocycles. The van der Waals surface area contributed by atoms with E-state index in [1.54, 1.807) is 12.1 Å². The van der Waals surface area contributed by atoms with Crippen LogP contribution in [0.1, 0.15) is 5.56 Å². The first kappa shape index (κ1) is 27.1. The van der Waals surface area contributed by atoms with Gasteiger partial charge in [0.2, 0.25) is 0 Å². The molecule has 0 aliphatic heterocycles. The van der Waals surface area contributed by atoms with Crippen molar-refractivity contribution in [2.24, 2.45) is 0 Å². The third-order valence-electron chi connectivity index (χ3n) is 5.04. The maximum absolute atomic E-state index is 10.5. The summed E-state index contributed by atoms with van der Waals surface area (Å²) >= 11 is -0.113. The molecule has 35 heavy (non-hydrogen) atoms. The molecule has 4 rings (SSSR count). The summed E-state index contributed by atoms with van der Waals surface area (Å²) in [5, 5.41) is 1.46. The molecule has 0 saturated carbocycles. The predicted molar refractivity (Wildman–Crippen MR) is 141 cm³/mol. The minimum absolute atomic E-state index is 0.0666. The number of halogens is 1. The number of hydrogen-bond acceptors (Lipinski definition) is 3. The van der Waals surface area contributed by atoms with E-state index in [9.17, 15) is 8.42 Å². The molecule has 4 aromatic rings. The third kappa shape index (κ3) is 8.92. The molecular formula is C28H30IO4SSi+. The van der Waals surface area contributed by atoms with E-state index in [2.05, 4.69) is 98.5 Å². The van der Waals surface area contributed by atoms with E-state index in [0.29, 0.717) is 0 Å². The van der Waals surface area contributed by atoms with Crippen LogP contribution in [0.4, 0.5) is 0 Å². The summed E-state index contributed by atoms with van der Waals surface area (Å²) in [7, 11) is -5.26. The van der Waals surface area contributed by atoms with Gasteiger partial charge in [-0.1, -0.05) is 72.9 Å². The van der Waals surface area contributed by atoms with Gasteiger partial charge in [-0.25, -0.2) is 0 Å². The number of aryl methyl sites for hydroxylation is 1. The van der Waals surface area contributed by atoms with Gasteiger partial charge in [-0.15, -0.1) is 0 Å². The van der Waals surface area contributed by atoms with Crippen molar-refractivity contribution in [3.05, 3.63) is 116 Å². The van der Waals surface area contributed by atoms with Crippen molar-refractivity contribution in [1.82, 2.24) is 0 Å². The lowest BCUT2D eigenvalue weighted by Crippen LogP contribution is -3.61. The highest BCUT2D eigenvalue weighted by Crippen LogP contribution is 2.20. The van der Waals surface area contributed by atoms with Gasteiger partial charge >= 0.3 is 21.2 Å². The van der Waals surface area contributed by atoms with Crippen LogP contribution in [0.5, 0.6) is 11.5 Å². The summed E-state index contributed by atoms with van der Waals surface area (Å²) in [6, 6.07) is 33.8. The quantitative estimate of drug-likeness (QED) is 0.205. The second-order valence-electron chi connectivity index (χ2n) is 9.01. The van der Waals surface area contributed by atoms with E-state index < -0.39 is 18.2 Å². The molecular weight excluding hydrogens is 587 g/mol. The van der Waals surface area contributed by atoms with Crippen LogP contribution in [0.15, 0.2) is 108 Å². The smallest absolute Gasteiger partial charge is 0.357 e. The molecule has 182 valence electrons. The van der Waals surface area contributed by atoms with Crippen molar-refractivity contribution in [2.75, 3.05) is 0 Å². The van der Waals surface area contributed by atoms with Crippen molar-refractivity contribution in [3.63, 3.8) is 0 Å². The first-order valence-electron chi connectivity index (χ1n) is 11.1. The topological polar surface area (TPSA) is 63.6 Å². The highest BCUT2D eigenvalue weighted by atomic mass is 127. The zero-order valence-corrected chi connectivity index (χ0v) is 24.2. The molecule has 0 atom stereocenters. The molecule has 0 spiro atoms. The van der Waals surface area contributed by atoms with Crippen LogP contribution in [0, 0.1) is 14.1 Å². The van der Waals surface area contributed by atoms with Crippen LogP contribution in [-0.2, 0) is 10.1 Å². The van der Waals surface area contributed by atoms with E-state index in [0.717, 1.165) is 17.1 Å². The molecule has 0 bridgehead atoms. The Labute approximate surface area is 220 Å². The first-order valence-corrected chi connectivity index (χ1v) is 18.2. The minimum Gasteiger partial charge on any atom is -0.457 e. The lowest BCUT2D eigenvalue weighted by molar-refractivity contribution is -0.597. The first-order chi connectivity index (χ1) is 16.5. The van der Waals surface area contributed by atoms with Gasteiger partial charge in [0.1, 0.15) is 11.5 Å². The Bertz CT molecular complexity index is 1320. The van der Waals surface area contributed by atoms with Crippen LogP contribution in [0.25, 0.3) is 0 Å². The van der Waals surface area contributed by atoms with E-state index >= 15 is 0 Å². The highest BCUT2D eigenvalue weighted by molar-refractivity contribution is 7.85. The van der Waals surface area contributed by atoms with Crippen molar-refractivity contribution in [3.8, 4) is 11.5 Å². The van der Waals surface area contributed by atoms with Gasteiger partial charge in [0, 0.05) is 0 Å². The fraction of sp³-hybridized carbons (Fsp3) is 0.143. The predicted octanol–water partition coefficient (Wildman–Crippen LogP) is 3.39. The minimum atomic E-state index is -4.02. The Hall–Kier alpha value is -2.46. The molecule has 0 fully saturated rings. The lowest BCUT2D eigenvalue weighted by Gasteiger charge is -2.16. The monoisotopic (exact) mass is 617 g/mol. The molecule has 0 saturated heterocycles. The summed E-state index contributed by atoms with van der Waals surface area (Å²) in [4.78, 5) is -0.0666. The van der Waals surface area contributed by atoms with E-state index in [1.165, 1.54) is 24.5 Å². The molecule has 4 nitrogen and oxygen atoms in total. The Morgan fingerprint density at radius 1 is 0.686 bits per heavy atom. The van der Waals surface area contributed by atoms with Crippen LogP contribution in [-0.4, -0.2) is 21.0 Å². The Morgan fingerprint density at radius 3 is 1.66 bits per heavy atom. The molecule has 7 heteroatoms. The van der Waals surface area contributed by atoms with Crippen molar-refractivity contribution >= 4 is 23.4 Å². The van der Waals surface area contributed by atoms with Gasteiger partial charge < -0.3 is 4.74 Å². The molecule has 0 aliphatic carbocycles. The lowest BCUT2D eigenvalue weighted by atomic mass is 10.2. The standard InChI is InChI=1S/C21H22IOSi.C7H8O3S/c1-24(2,3)21-15-13-20(14-16-21)23-19-11-9-18(10-12-19)22-17-7-5-4-6-8-17;1-6-2-4-7(5-3-6)11(8,9)10/h4-16H,1-3H3;2-5H,1H3,(H,8,9,10)/q+1;. The second-order valence-corrected chi connectivity index (χ2v) is 18.5. The van der Waals surface area contributed by atoms with Crippen LogP contribution in [0.3, 0.4) is 0 Å². The zero-order chi connectivity index (χ0) is 25.5. The normalized spacial score (nSPS) is 11.3. The Balaban J connectivity index is 0.000000261. The van der Waals surface area contributed by atoms with E-state index in [1.807, 2.05) is 6.92 Å². The SMILES string of the molecule is C[Si](C)(C)c1ccc(Oc2ccc([I+]c3ccccc3)cc2)cc1.Cc1ccc(S(=O)(=O)O)cc1. The second kappa shape index (κ2) is 12.0. The maximum atomic E-state index is 10.5. The number of rotatable bonds is 6. The van der Waals surface area contributed by atoms with Crippen molar-refractivity contribution < 1.29 is 38.9 Å². The molecule has 0 aromatic heterocycles. The largest absolute Gasteiger partial charge is 0.457 e. The molecule has 0 unspecified atom stereocenters. The van der Waals surface area contributed by atoms with Crippen LogP contribution in [0.2, 0.25) is 19.6 Å². The Kier molecular flexibility index (Phi) is 9.29. The summed E-state index contributed by atoms with van der Waals surface area (Å²) in [5.74, 6) is 1.80. The van der Waals surface area contributed by atoms with Gasteiger partial charge in [-0.05, 0) is 67.6 Å². The van der Waals surface area contributed by atoms with Crippen LogP contribution >= 0.6 is 0 Å². The molecule has 4 aromatic carbocycles. The highest BCUT2D eigenvalue weighted by Gasteiger charge is 2.16. The number of ether oxygens (including phenoxy) is 1. The number of hydrogen-bond donors (Lipinski definition) is 1. The summed E-state index contributed by atoms with van der Waals surface area (Å²) < 4.78 is 38.4. The third-order valence-corrected chi connectivity index (χ3v) is 10.7. The fourth-order valence-electron chi connectivity index (χ4n) is 3.04. The van der Waals surface area contributed by atoms with Crippen molar-refractivity contribution in [1.29, 1.82) is 0 Å². The fourth-order valence-corrected chi connectivity index (χ4v) is 6.90. The number of benzene rings is 4. The van der Waals surface area contributed by atoms with Gasteiger partial charge in [0.15, 0.2) is 7.14 Å². The summed E-state index contributed by atoms with van der Waals surface area (Å²) in [6.07, 6.45) is 0. The van der Waals surface area contributed by atoms with Gasteiger partial charge in [0.05, 0.1) is 13.0 Å². The van der Waals surface area contributed by atoms with Gasteiger partial charge in [-0.2, -0.15) is 8.42 Å². The average Bonchev–Trinajstić information content (AvgIpc) is 2.81. The van der Waals surface area contributed by atoms with Crippen LogP contribution < -0.4 is 31.1 Å². The van der Waals surface area contributed by atoms with E-state index in [4.69, 9.17) is 9.29 Å². The van der Waals surface area contributed by atoms with Gasteiger partial charge in [-0.3, -0.25) is 4.55 Å². The van der Waals surface area contributed by atoms with Gasteiger partial charge in [0.25, 0.3) is 10.1 Å². The molecule has 0 aliphatic rings. The Morgan fingerprint density at radius 2 is 1.17 bits per heavy atom. The van der Waals surface area contributed by atoms with E-state index in [-0.39, 0.29) is 26.1 Å². The molecule has 0 amide bonds. The average molecular weight is 618 g/mol. The summed E-state index contributed by atoms with van der Waals surface area (Å²) in [5.41, 5.74) is 0.956. The maximum Gasteiger partial charge on any atom is 0.357 e. The molecule has 0 radical (unpaired) electrons. The molecule has 1 N–H and O–H groups in total. The summed E-state index contributed by atoms with van der Waals surface area (Å²) in [6.45, 7) is 8.92.